The summed E-state index contributed by atoms with van der Waals surface area (Å²) >= 11 is 3.74. The lowest BCUT2D eigenvalue weighted by atomic mass is 9.95. The van der Waals surface area contributed by atoms with Crippen LogP contribution in [0, 0.1) is 10.2 Å². The zero-order valence-electron chi connectivity index (χ0n) is 10.0. The van der Waals surface area contributed by atoms with Gasteiger partial charge in [-0.25, -0.2) is 23.2 Å². The van der Waals surface area contributed by atoms with Crippen LogP contribution in [0.1, 0.15) is 32.1 Å². The van der Waals surface area contributed by atoms with Crippen LogP contribution in [0.4, 0.5) is 0 Å². The van der Waals surface area contributed by atoms with Crippen molar-refractivity contribution in [3.05, 3.63) is 14.7 Å². The summed E-state index contributed by atoms with van der Waals surface area (Å²) in [6, 6.07) is 0.809. The predicted octanol–water partition coefficient (Wildman–Crippen LogP) is -2.21. The van der Waals surface area contributed by atoms with Gasteiger partial charge in [-0.1, -0.05) is 29.1 Å². The van der Waals surface area contributed by atoms with Gasteiger partial charge >= 0.3 is 3.98 Å². The number of rotatable bonds is 1. The van der Waals surface area contributed by atoms with Gasteiger partial charge in [-0.15, -0.1) is 10.2 Å². The van der Waals surface area contributed by atoms with Crippen molar-refractivity contribution in [2.45, 2.75) is 38.1 Å². The van der Waals surface area contributed by atoms with E-state index >= 15 is 0 Å². The molecule has 0 aromatic carbocycles. The molecule has 1 aliphatic carbocycles. The van der Waals surface area contributed by atoms with Gasteiger partial charge in [0.25, 0.3) is 0 Å². The molecule has 0 aliphatic heterocycles. The zero-order valence-corrected chi connectivity index (χ0v) is 12.4. The first kappa shape index (κ1) is 16.0. The highest BCUT2D eigenvalue weighted by atomic mass is 35.7. The van der Waals surface area contributed by atoms with E-state index in [4.69, 9.17) is 18.6 Å². The topological polar surface area (TPSA) is 95.2 Å². The molecule has 1 heterocycles. The van der Waals surface area contributed by atoms with E-state index in [-0.39, 0.29) is 0 Å². The van der Waals surface area contributed by atoms with Gasteiger partial charge in [0.15, 0.2) is 6.04 Å². The first-order valence-corrected chi connectivity index (χ1v) is 8.57. The molecule has 0 N–H and O–H groups in total. The minimum Gasteiger partial charge on any atom is -0.222 e. The molecule has 2 rings (SSSR count). The highest BCUT2D eigenvalue weighted by Crippen LogP contribution is 2.18. The van der Waals surface area contributed by atoms with Crippen LogP contribution in [0.2, 0.25) is 0 Å². The molecule has 1 fully saturated rings. The summed E-state index contributed by atoms with van der Waals surface area (Å²) in [7, 11) is -2.70. The van der Waals surface area contributed by atoms with E-state index in [0.29, 0.717) is 0 Å². The van der Waals surface area contributed by atoms with Crippen LogP contribution in [0.5, 0.6) is 0 Å². The summed E-state index contributed by atoms with van der Waals surface area (Å²) in [6.07, 6.45) is 7.07. The predicted molar refractivity (Wildman–Crippen MR) is 60.3 cm³/mol. The monoisotopic (exact) mass is 313 g/mol. The molecule has 1 aromatic rings. The molecular weight excluding hydrogens is 298 g/mol. The van der Waals surface area contributed by atoms with E-state index in [1.54, 1.807) is 0 Å². The van der Waals surface area contributed by atoms with Crippen molar-refractivity contribution in [3.8, 4) is 0 Å². The summed E-state index contributed by atoms with van der Waals surface area (Å²) in [5.74, 6) is 0. The normalized spacial score (nSPS) is 16.9. The molecule has 0 radical (unpaired) electrons. The Balaban J connectivity index is 0.000000280. The van der Waals surface area contributed by atoms with Crippen LogP contribution >= 0.6 is 22.7 Å². The summed E-state index contributed by atoms with van der Waals surface area (Å²) < 4.78 is 37.9. The van der Waals surface area contributed by atoms with E-state index in [1.165, 1.54) is 36.1 Å². The Kier molecular flexibility index (Phi) is 6.72. The Morgan fingerprint density at radius 3 is 1.94 bits per heavy atom. The van der Waals surface area contributed by atoms with Crippen molar-refractivity contribution in [2.24, 2.45) is 0 Å². The second-order valence-corrected chi connectivity index (χ2v) is 6.86. The quantitative estimate of drug-likeness (QED) is 0.549. The highest BCUT2D eigenvalue weighted by Gasteiger charge is 2.21. The third-order valence-corrected chi connectivity index (χ3v) is 5.08. The maximum Gasteiger partial charge on any atom is 0.313 e. The molecule has 1 aliphatic rings. The van der Waals surface area contributed by atoms with Crippen molar-refractivity contribution in [2.75, 3.05) is 7.05 Å². The first-order valence-electron chi connectivity index (χ1n) is 5.58. The molecule has 1 aromatic heterocycles. The van der Waals surface area contributed by atoms with E-state index in [2.05, 4.69) is 22.4 Å². The molecule has 5 nitrogen and oxygen atoms in total. The van der Waals surface area contributed by atoms with Gasteiger partial charge in [-0.2, -0.15) is 0 Å². The second-order valence-electron chi connectivity index (χ2n) is 4.05. The highest BCUT2D eigenvalue weighted by molar-refractivity contribution is 7.24. The fourth-order valence-corrected chi connectivity index (χ4v) is 3.85. The van der Waals surface area contributed by atoms with Gasteiger partial charge in [0.1, 0.15) is 7.05 Å². The summed E-state index contributed by atoms with van der Waals surface area (Å²) in [4.78, 5) is 0. The minimum absolute atomic E-state index is 0.809. The van der Waals surface area contributed by atoms with Crippen LogP contribution in [0.15, 0.2) is 10.8 Å². The largest absolute Gasteiger partial charge is 0.313 e. The summed E-state index contributed by atoms with van der Waals surface area (Å²) in [5.41, 5.74) is 0. The summed E-state index contributed by atoms with van der Waals surface area (Å²) in [6.45, 7) is 0. The molecule has 0 amide bonds. The Morgan fingerprint density at radius 2 is 1.50 bits per heavy atom. The molecule has 0 atom stereocenters. The number of halogens is 1. The van der Waals surface area contributed by atoms with Crippen LogP contribution in [-0.2, 0) is 0 Å². The standard InChI is InChI=1S/C10H16NS2.ClHO4/c1-11(10-12-7-8-13-10)9-5-3-2-4-6-9;2-1(3,4)5/h7-9H,2-6H2,1H3;(H,2,3,4,5)/q+1;/p-1. The molecule has 0 bridgehead atoms. The minimum atomic E-state index is -4.94. The molecule has 0 unspecified atom stereocenters. The van der Waals surface area contributed by atoms with E-state index < -0.39 is 10.2 Å². The lowest BCUT2D eigenvalue weighted by Crippen LogP contribution is -2.68. The van der Waals surface area contributed by atoms with E-state index in [9.17, 15) is 0 Å². The van der Waals surface area contributed by atoms with Crippen molar-refractivity contribution in [1.29, 1.82) is 0 Å². The molecule has 8 heteroatoms. The fraction of sp³-hybridized carbons (Fsp3) is 0.700. The van der Waals surface area contributed by atoms with Crippen molar-refractivity contribution < 1.29 is 28.9 Å². The summed E-state index contributed by atoms with van der Waals surface area (Å²) in [5, 5.41) is 4.36. The Morgan fingerprint density at radius 1 is 1.06 bits per heavy atom. The molecule has 0 saturated heterocycles. The van der Waals surface area contributed by atoms with Crippen LogP contribution in [0.3, 0.4) is 0 Å². The third kappa shape index (κ3) is 6.79. The van der Waals surface area contributed by atoms with Gasteiger partial charge in [-0.05, 0) is 12.8 Å². The van der Waals surface area contributed by atoms with Crippen LogP contribution in [0.25, 0.3) is 0 Å². The Hall–Kier alpha value is -0.0200. The second kappa shape index (κ2) is 7.54. The van der Waals surface area contributed by atoms with Gasteiger partial charge in [-0.3, -0.25) is 0 Å². The lowest BCUT2D eigenvalue weighted by Gasteiger charge is -2.17. The average molecular weight is 314 g/mol. The van der Waals surface area contributed by atoms with Crippen molar-refractivity contribution in [3.63, 3.8) is 0 Å². The number of hydrogen-bond acceptors (Lipinski definition) is 6. The molecule has 1 saturated carbocycles. The molecule has 18 heavy (non-hydrogen) atoms. The smallest absolute Gasteiger partial charge is 0.222 e. The van der Waals surface area contributed by atoms with Gasteiger partial charge in [0, 0.05) is 23.6 Å². The van der Waals surface area contributed by atoms with E-state index in [1.807, 2.05) is 22.7 Å². The lowest BCUT2D eigenvalue weighted by molar-refractivity contribution is -2.00. The van der Waals surface area contributed by atoms with E-state index in [0.717, 1.165) is 6.04 Å². The first-order chi connectivity index (χ1) is 8.38. The molecule has 0 spiro atoms. The average Bonchev–Trinajstić information content (AvgIpc) is 2.80. The van der Waals surface area contributed by atoms with Crippen molar-refractivity contribution in [1.82, 2.24) is 4.58 Å². The molecular formula is C10H16ClNO4S2. The third-order valence-electron chi connectivity index (χ3n) is 2.80. The Labute approximate surface area is 116 Å². The SMILES string of the molecule is C[N+](=c1sccs1)C1CCCCC1.[O-][Cl+3]([O-])([O-])[O-]. The van der Waals surface area contributed by atoms with Gasteiger partial charge in [0.2, 0.25) is 0 Å². The van der Waals surface area contributed by atoms with Crippen molar-refractivity contribution >= 4 is 22.7 Å². The van der Waals surface area contributed by atoms with Gasteiger partial charge in [0.05, 0.1) is 0 Å². The van der Waals surface area contributed by atoms with Crippen LogP contribution < -0.4 is 27.2 Å². The Bertz CT molecular complexity index is 384. The zero-order chi connectivity index (χ0) is 13.6. The number of hydrogen-bond donors (Lipinski definition) is 0. The van der Waals surface area contributed by atoms with Crippen LogP contribution in [-0.4, -0.2) is 13.1 Å². The maximum absolute atomic E-state index is 8.49. The maximum atomic E-state index is 8.49. The fourth-order valence-electron chi connectivity index (χ4n) is 1.98. The number of nitrogens with zero attached hydrogens (tertiary/aromatic N) is 1. The van der Waals surface area contributed by atoms with Gasteiger partial charge < -0.3 is 0 Å². The molecule has 104 valence electrons.